The predicted molar refractivity (Wildman–Crippen MR) is 122 cm³/mol. The van der Waals surface area contributed by atoms with Crippen molar-refractivity contribution < 1.29 is 23.1 Å². The highest BCUT2D eigenvalue weighted by atomic mass is 35.5. The molecule has 0 aliphatic carbocycles. The minimum absolute atomic E-state index is 0.204. The summed E-state index contributed by atoms with van der Waals surface area (Å²) in [5.41, 5.74) is 1.52. The number of para-hydroxylation sites is 2. The molecule has 1 aromatic heterocycles. The number of rotatable bonds is 4. The van der Waals surface area contributed by atoms with Crippen LogP contribution >= 0.6 is 11.6 Å². The Kier molecular flexibility index (Phi) is 6.20. The lowest BCUT2D eigenvalue weighted by Gasteiger charge is -2.37. The molecule has 32 heavy (non-hydrogen) atoms. The molecule has 3 aromatic rings. The van der Waals surface area contributed by atoms with Gasteiger partial charge in [0.2, 0.25) is 0 Å². The molecular formula is C24H26ClFN2O4. The second-order valence-corrected chi connectivity index (χ2v) is 9.12. The highest BCUT2D eigenvalue weighted by molar-refractivity contribution is 6.35. The molecule has 170 valence electrons. The minimum Gasteiger partial charge on any atom is -0.487 e. The number of fused-ring (bicyclic) bond motifs is 1. The number of hydrogen-bond acceptors (Lipinski definition) is 5. The Bertz CT molecular complexity index is 1120. The van der Waals surface area contributed by atoms with E-state index in [4.69, 9.17) is 25.5 Å². The summed E-state index contributed by atoms with van der Waals surface area (Å²) in [6.45, 7) is 8.23. The largest absolute Gasteiger partial charge is 0.487 e. The number of amides is 1. The number of nitrogens with zero attached hydrogens (tertiary/aromatic N) is 2. The van der Waals surface area contributed by atoms with Gasteiger partial charge in [0, 0.05) is 43.2 Å². The summed E-state index contributed by atoms with van der Waals surface area (Å²) in [6.07, 6.45) is -0.292. The first-order valence-electron chi connectivity index (χ1n) is 10.5. The van der Waals surface area contributed by atoms with E-state index in [9.17, 15) is 9.18 Å². The maximum Gasteiger partial charge on any atom is 0.410 e. The Morgan fingerprint density at radius 2 is 1.84 bits per heavy atom. The lowest BCUT2D eigenvalue weighted by atomic mass is 10.1. The summed E-state index contributed by atoms with van der Waals surface area (Å²) < 4.78 is 30.4. The number of furan rings is 1. The Labute approximate surface area is 191 Å². The highest BCUT2D eigenvalue weighted by Gasteiger charge is 2.27. The Hall–Kier alpha value is -2.93. The van der Waals surface area contributed by atoms with Gasteiger partial charge in [0.25, 0.3) is 6.01 Å². The summed E-state index contributed by atoms with van der Waals surface area (Å²) in [7, 11) is 0. The van der Waals surface area contributed by atoms with Crippen LogP contribution in [-0.2, 0) is 11.3 Å². The van der Waals surface area contributed by atoms with Crippen molar-refractivity contribution in [1.82, 2.24) is 4.90 Å². The SMILES string of the molecule is CC(C)(C)OC(=O)N1CCN(c2ccccc2OCc2ccc(Cl)c3cc(F)oc23)CC1. The van der Waals surface area contributed by atoms with Crippen molar-refractivity contribution in [2.75, 3.05) is 31.1 Å². The summed E-state index contributed by atoms with van der Waals surface area (Å²) in [4.78, 5) is 16.2. The Morgan fingerprint density at radius 3 is 2.56 bits per heavy atom. The number of piperazine rings is 1. The van der Waals surface area contributed by atoms with Gasteiger partial charge in [-0.25, -0.2) is 4.79 Å². The van der Waals surface area contributed by atoms with E-state index in [1.165, 1.54) is 6.07 Å². The molecule has 8 heteroatoms. The van der Waals surface area contributed by atoms with Crippen LogP contribution in [0.4, 0.5) is 14.9 Å². The van der Waals surface area contributed by atoms with Gasteiger partial charge >= 0.3 is 6.09 Å². The second kappa shape index (κ2) is 8.90. The molecule has 0 radical (unpaired) electrons. The van der Waals surface area contributed by atoms with Gasteiger partial charge in [-0.15, -0.1) is 0 Å². The third-order valence-corrected chi connectivity index (χ3v) is 5.53. The molecule has 0 atom stereocenters. The zero-order valence-corrected chi connectivity index (χ0v) is 19.1. The van der Waals surface area contributed by atoms with E-state index in [1.807, 2.05) is 45.0 Å². The molecule has 0 bridgehead atoms. The van der Waals surface area contributed by atoms with Gasteiger partial charge in [0.1, 0.15) is 23.5 Å². The van der Waals surface area contributed by atoms with Gasteiger partial charge in [-0.3, -0.25) is 0 Å². The molecule has 6 nitrogen and oxygen atoms in total. The van der Waals surface area contributed by atoms with Crippen molar-refractivity contribution in [2.45, 2.75) is 33.0 Å². The average Bonchev–Trinajstić information content (AvgIpc) is 3.15. The second-order valence-electron chi connectivity index (χ2n) is 8.71. The number of halogens is 2. The molecule has 1 amide bonds. The van der Waals surface area contributed by atoms with E-state index in [0.29, 0.717) is 53.5 Å². The van der Waals surface area contributed by atoms with E-state index >= 15 is 0 Å². The van der Waals surface area contributed by atoms with Gasteiger partial charge in [0.05, 0.1) is 10.7 Å². The lowest BCUT2D eigenvalue weighted by molar-refractivity contribution is 0.0240. The number of ether oxygens (including phenoxy) is 2. The normalized spacial score (nSPS) is 14.7. The Balaban J connectivity index is 1.44. The zero-order valence-electron chi connectivity index (χ0n) is 18.4. The summed E-state index contributed by atoms with van der Waals surface area (Å²) >= 11 is 6.14. The van der Waals surface area contributed by atoms with Crippen LogP contribution < -0.4 is 9.64 Å². The quantitative estimate of drug-likeness (QED) is 0.488. The van der Waals surface area contributed by atoms with Crippen LogP contribution in [0.15, 0.2) is 46.9 Å². The summed E-state index contributed by atoms with van der Waals surface area (Å²) in [6, 6.07) is 11.8. The smallest absolute Gasteiger partial charge is 0.410 e. The summed E-state index contributed by atoms with van der Waals surface area (Å²) in [5, 5.41) is 0.955. The topological polar surface area (TPSA) is 55.2 Å². The van der Waals surface area contributed by atoms with E-state index < -0.39 is 11.6 Å². The van der Waals surface area contributed by atoms with E-state index in [0.717, 1.165) is 5.69 Å². The minimum atomic E-state index is -0.683. The van der Waals surface area contributed by atoms with Crippen LogP contribution in [0, 0.1) is 6.01 Å². The first-order chi connectivity index (χ1) is 15.2. The highest BCUT2D eigenvalue weighted by Crippen LogP contribution is 2.33. The van der Waals surface area contributed by atoms with Gasteiger partial charge in [-0.05, 0) is 39.0 Å². The van der Waals surface area contributed by atoms with Crippen LogP contribution in [-0.4, -0.2) is 42.8 Å². The molecule has 2 aromatic carbocycles. The van der Waals surface area contributed by atoms with Crippen LogP contribution in [0.5, 0.6) is 5.75 Å². The molecule has 0 saturated carbocycles. The number of anilines is 1. The monoisotopic (exact) mass is 460 g/mol. The average molecular weight is 461 g/mol. The third kappa shape index (κ3) is 4.93. The van der Waals surface area contributed by atoms with Gasteiger partial charge in [-0.2, -0.15) is 4.39 Å². The number of hydrogen-bond donors (Lipinski definition) is 0. The first-order valence-corrected chi connectivity index (χ1v) is 10.9. The molecule has 1 aliphatic heterocycles. The van der Waals surface area contributed by atoms with Crippen LogP contribution in [0.1, 0.15) is 26.3 Å². The lowest BCUT2D eigenvalue weighted by Crippen LogP contribution is -2.50. The fourth-order valence-corrected chi connectivity index (χ4v) is 3.89. The molecule has 1 fully saturated rings. The van der Waals surface area contributed by atoms with Crippen LogP contribution in [0.3, 0.4) is 0 Å². The molecule has 1 saturated heterocycles. The van der Waals surface area contributed by atoms with Crippen molar-refractivity contribution in [3.8, 4) is 5.75 Å². The van der Waals surface area contributed by atoms with Crippen molar-refractivity contribution >= 4 is 34.4 Å². The molecule has 4 rings (SSSR count). The van der Waals surface area contributed by atoms with E-state index in [2.05, 4.69) is 4.90 Å². The molecule has 0 unspecified atom stereocenters. The molecule has 0 spiro atoms. The van der Waals surface area contributed by atoms with Gasteiger partial charge < -0.3 is 23.7 Å². The first kappa shape index (κ1) is 22.3. The third-order valence-electron chi connectivity index (χ3n) is 5.20. The molecule has 0 N–H and O–H groups in total. The predicted octanol–water partition coefficient (Wildman–Crippen LogP) is 5.86. The van der Waals surface area contributed by atoms with Crippen LogP contribution in [0.2, 0.25) is 5.02 Å². The van der Waals surface area contributed by atoms with Crippen molar-refractivity contribution in [3.05, 3.63) is 59.1 Å². The Morgan fingerprint density at radius 1 is 1.12 bits per heavy atom. The van der Waals surface area contributed by atoms with Gasteiger partial charge in [-0.1, -0.05) is 29.8 Å². The van der Waals surface area contributed by atoms with E-state index in [1.54, 1.807) is 17.0 Å². The number of benzene rings is 2. The van der Waals surface area contributed by atoms with Crippen molar-refractivity contribution in [2.24, 2.45) is 0 Å². The maximum absolute atomic E-state index is 13.6. The van der Waals surface area contributed by atoms with Crippen LogP contribution in [0.25, 0.3) is 11.0 Å². The van der Waals surface area contributed by atoms with E-state index in [-0.39, 0.29) is 12.7 Å². The molecule has 2 heterocycles. The molecular weight excluding hydrogens is 435 g/mol. The summed E-state index contributed by atoms with van der Waals surface area (Å²) in [5.74, 6) is 0.702. The zero-order chi connectivity index (χ0) is 22.9. The standard InChI is InChI=1S/C24H26ClFN2O4/c1-24(2,3)32-23(29)28-12-10-27(11-13-28)19-6-4-5-7-20(19)30-15-16-8-9-18(25)17-14-21(26)31-22(16)17/h4-9,14H,10-13,15H2,1-3H3. The number of carbonyl (C=O) groups excluding carboxylic acids is 1. The van der Waals surface area contributed by atoms with Gasteiger partial charge in [0.15, 0.2) is 0 Å². The van der Waals surface area contributed by atoms with Crippen molar-refractivity contribution in [3.63, 3.8) is 0 Å². The fraction of sp³-hybridized carbons (Fsp3) is 0.375. The molecule has 1 aliphatic rings. The maximum atomic E-state index is 13.6. The number of carbonyl (C=O) groups is 1. The fourth-order valence-electron chi connectivity index (χ4n) is 3.68. The van der Waals surface area contributed by atoms with Crippen molar-refractivity contribution in [1.29, 1.82) is 0 Å².